The van der Waals surface area contributed by atoms with E-state index in [1.165, 1.54) is 6.92 Å². The zero-order valence-corrected chi connectivity index (χ0v) is 12.7. The lowest BCUT2D eigenvalue weighted by Crippen LogP contribution is -2.30. The second-order valence-electron chi connectivity index (χ2n) is 5.01. The molecule has 0 bridgehead atoms. The quantitative estimate of drug-likeness (QED) is 0.865. The monoisotopic (exact) mass is 315 g/mol. The van der Waals surface area contributed by atoms with Crippen molar-refractivity contribution in [2.24, 2.45) is 11.8 Å². The molecule has 1 aliphatic rings. The van der Waals surface area contributed by atoms with Gasteiger partial charge in [-0.2, -0.15) is 0 Å². The number of carbonyl (C=O) groups is 2. The summed E-state index contributed by atoms with van der Waals surface area (Å²) in [6.07, 6.45) is -0.0434. The fourth-order valence-corrected chi connectivity index (χ4v) is 2.13. The highest BCUT2D eigenvalue weighted by atomic mass is 35.5. The molecule has 1 aliphatic carbocycles. The van der Waals surface area contributed by atoms with Crippen LogP contribution < -0.4 is 5.32 Å². The third-order valence-electron chi connectivity index (χ3n) is 3.26. The second kappa shape index (κ2) is 6.02. The minimum Gasteiger partial charge on any atom is -0.452 e. The summed E-state index contributed by atoms with van der Waals surface area (Å²) < 4.78 is 5.12. The molecule has 1 N–H and O–H groups in total. The minimum atomic E-state index is -0.870. The third-order valence-corrected chi connectivity index (χ3v) is 3.83. The lowest BCUT2D eigenvalue weighted by molar-refractivity contribution is -0.154. The normalized spacial score (nSPS) is 22.0. The molecule has 0 unspecified atom stereocenters. The fraction of sp³-hybridized carbons (Fsp3) is 0.429. The van der Waals surface area contributed by atoms with Crippen LogP contribution in [0, 0.1) is 11.8 Å². The van der Waals surface area contributed by atoms with Gasteiger partial charge in [-0.1, -0.05) is 30.1 Å². The Morgan fingerprint density at radius 3 is 2.65 bits per heavy atom. The summed E-state index contributed by atoms with van der Waals surface area (Å²) in [5.74, 6) is -0.478. The number of carbonyl (C=O) groups excluding carboxylic acids is 2. The highest BCUT2D eigenvalue weighted by Crippen LogP contribution is 2.38. The SMILES string of the molecule is C[C@H](OC(=O)[C@@H]1C[C@@H]1C)C(=O)Nc1cc(Cl)ccc1Cl. The van der Waals surface area contributed by atoms with Crippen molar-refractivity contribution >= 4 is 40.8 Å². The van der Waals surface area contributed by atoms with E-state index in [1.807, 2.05) is 6.92 Å². The highest BCUT2D eigenvalue weighted by molar-refractivity contribution is 6.35. The molecule has 2 rings (SSSR count). The first-order chi connectivity index (χ1) is 9.38. The number of hydrogen-bond acceptors (Lipinski definition) is 3. The summed E-state index contributed by atoms with van der Waals surface area (Å²) in [5.41, 5.74) is 0.395. The first-order valence-corrected chi connectivity index (χ1v) is 7.10. The molecule has 0 heterocycles. The average Bonchev–Trinajstić information content (AvgIpc) is 3.11. The van der Waals surface area contributed by atoms with E-state index in [9.17, 15) is 9.59 Å². The summed E-state index contributed by atoms with van der Waals surface area (Å²) in [7, 11) is 0. The molecule has 4 nitrogen and oxygen atoms in total. The maximum Gasteiger partial charge on any atom is 0.309 e. The molecule has 0 spiro atoms. The van der Waals surface area contributed by atoms with Crippen LogP contribution in [0.25, 0.3) is 0 Å². The molecule has 20 heavy (non-hydrogen) atoms. The van der Waals surface area contributed by atoms with E-state index in [0.717, 1.165) is 6.42 Å². The van der Waals surface area contributed by atoms with Crippen LogP contribution in [-0.2, 0) is 14.3 Å². The molecular formula is C14H15Cl2NO3. The van der Waals surface area contributed by atoms with Crippen LogP contribution in [-0.4, -0.2) is 18.0 Å². The summed E-state index contributed by atoms with van der Waals surface area (Å²) in [4.78, 5) is 23.6. The van der Waals surface area contributed by atoms with Gasteiger partial charge >= 0.3 is 5.97 Å². The van der Waals surface area contributed by atoms with Gasteiger partial charge in [0.25, 0.3) is 5.91 Å². The molecule has 1 fully saturated rings. The van der Waals surface area contributed by atoms with E-state index >= 15 is 0 Å². The first-order valence-electron chi connectivity index (χ1n) is 6.35. The molecule has 0 radical (unpaired) electrons. The van der Waals surface area contributed by atoms with Crippen molar-refractivity contribution in [3.63, 3.8) is 0 Å². The number of esters is 1. The van der Waals surface area contributed by atoms with E-state index in [4.69, 9.17) is 27.9 Å². The van der Waals surface area contributed by atoms with Gasteiger partial charge < -0.3 is 10.1 Å². The minimum absolute atomic E-state index is 0.0694. The molecular weight excluding hydrogens is 301 g/mol. The number of hydrogen-bond donors (Lipinski definition) is 1. The second-order valence-corrected chi connectivity index (χ2v) is 5.86. The van der Waals surface area contributed by atoms with Crippen molar-refractivity contribution in [2.75, 3.05) is 5.32 Å². The molecule has 6 heteroatoms. The van der Waals surface area contributed by atoms with Crippen molar-refractivity contribution in [1.82, 2.24) is 0 Å². The number of anilines is 1. The first kappa shape index (κ1) is 15.1. The van der Waals surface area contributed by atoms with E-state index in [1.54, 1.807) is 18.2 Å². The van der Waals surface area contributed by atoms with E-state index in [0.29, 0.717) is 21.7 Å². The summed E-state index contributed by atoms with van der Waals surface area (Å²) in [6, 6.07) is 4.75. The fourth-order valence-electron chi connectivity index (χ4n) is 1.79. The van der Waals surface area contributed by atoms with Crippen molar-refractivity contribution in [1.29, 1.82) is 0 Å². The Morgan fingerprint density at radius 2 is 2.05 bits per heavy atom. The Balaban J connectivity index is 1.93. The smallest absolute Gasteiger partial charge is 0.309 e. The van der Waals surface area contributed by atoms with Gasteiger partial charge in [0, 0.05) is 5.02 Å². The van der Waals surface area contributed by atoms with Gasteiger partial charge in [0.2, 0.25) is 0 Å². The van der Waals surface area contributed by atoms with Gasteiger partial charge in [0.15, 0.2) is 6.10 Å². The number of nitrogens with one attached hydrogen (secondary N) is 1. The maximum absolute atomic E-state index is 11.9. The van der Waals surface area contributed by atoms with Gasteiger partial charge in [-0.25, -0.2) is 0 Å². The van der Waals surface area contributed by atoms with Gasteiger partial charge in [0.05, 0.1) is 16.6 Å². The van der Waals surface area contributed by atoms with Crippen LogP contribution in [0.4, 0.5) is 5.69 Å². The Hall–Kier alpha value is -1.26. The number of rotatable bonds is 4. The van der Waals surface area contributed by atoms with Crippen molar-refractivity contribution in [3.05, 3.63) is 28.2 Å². The zero-order chi connectivity index (χ0) is 14.9. The molecule has 0 aromatic heterocycles. The van der Waals surface area contributed by atoms with Crippen LogP contribution in [0.2, 0.25) is 10.0 Å². The third kappa shape index (κ3) is 3.64. The number of benzene rings is 1. The average molecular weight is 316 g/mol. The molecule has 0 aliphatic heterocycles. The molecule has 108 valence electrons. The van der Waals surface area contributed by atoms with E-state index in [2.05, 4.69) is 5.32 Å². The molecule has 1 aromatic rings. The molecule has 1 amide bonds. The van der Waals surface area contributed by atoms with Crippen molar-refractivity contribution in [2.45, 2.75) is 26.4 Å². The standard InChI is InChI=1S/C14H15Cl2NO3/c1-7-5-10(7)14(19)20-8(2)13(18)17-12-6-9(15)3-4-11(12)16/h3-4,6-8,10H,5H2,1-2H3,(H,17,18)/t7-,8-,10+/m0/s1. The molecule has 1 saturated carbocycles. The summed E-state index contributed by atoms with van der Waals surface area (Å²) in [5, 5.41) is 3.43. The van der Waals surface area contributed by atoms with Crippen LogP contribution in [0.3, 0.4) is 0 Å². The van der Waals surface area contributed by atoms with Gasteiger partial charge in [-0.05, 0) is 37.5 Å². The molecule has 0 saturated heterocycles. The largest absolute Gasteiger partial charge is 0.452 e. The summed E-state index contributed by atoms with van der Waals surface area (Å²) in [6.45, 7) is 3.50. The maximum atomic E-state index is 11.9. The lowest BCUT2D eigenvalue weighted by Gasteiger charge is -2.14. The Morgan fingerprint density at radius 1 is 1.40 bits per heavy atom. The van der Waals surface area contributed by atoms with Crippen molar-refractivity contribution in [3.8, 4) is 0 Å². The van der Waals surface area contributed by atoms with Crippen LogP contribution in [0.1, 0.15) is 20.3 Å². The lowest BCUT2D eigenvalue weighted by atomic mass is 10.3. The van der Waals surface area contributed by atoms with Crippen LogP contribution in [0.15, 0.2) is 18.2 Å². The van der Waals surface area contributed by atoms with Gasteiger partial charge in [-0.3, -0.25) is 9.59 Å². The summed E-state index contributed by atoms with van der Waals surface area (Å²) >= 11 is 11.8. The van der Waals surface area contributed by atoms with Crippen LogP contribution >= 0.6 is 23.2 Å². The zero-order valence-electron chi connectivity index (χ0n) is 11.2. The Kier molecular flexibility index (Phi) is 4.55. The van der Waals surface area contributed by atoms with Gasteiger partial charge in [-0.15, -0.1) is 0 Å². The van der Waals surface area contributed by atoms with Crippen LogP contribution in [0.5, 0.6) is 0 Å². The van der Waals surface area contributed by atoms with Crippen molar-refractivity contribution < 1.29 is 14.3 Å². The van der Waals surface area contributed by atoms with E-state index in [-0.39, 0.29) is 11.9 Å². The number of amides is 1. The highest BCUT2D eigenvalue weighted by Gasteiger charge is 2.41. The Bertz CT molecular complexity index is 547. The number of ether oxygens (including phenoxy) is 1. The molecule has 3 atom stereocenters. The predicted molar refractivity (Wildman–Crippen MR) is 77.9 cm³/mol. The predicted octanol–water partition coefficient (Wildman–Crippen LogP) is 3.52. The Labute approximate surface area is 127 Å². The number of halogens is 2. The topological polar surface area (TPSA) is 55.4 Å². The van der Waals surface area contributed by atoms with Gasteiger partial charge in [0.1, 0.15) is 0 Å². The van der Waals surface area contributed by atoms with E-state index < -0.39 is 12.0 Å². The molecule has 1 aromatic carbocycles.